The quantitative estimate of drug-likeness (QED) is 0.215. The monoisotopic (exact) mass is 340 g/mol. The second kappa shape index (κ2) is 19.3. The highest BCUT2D eigenvalue weighted by Gasteiger charge is 2.04. The third-order valence-electron chi connectivity index (χ3n) is 4.95. The van der Waals surface area contributed by atoms with Crippen molar-refractivity contribution in [1.82, 2.24) is 0 Å². The van der Waals surface area contributed by atoms with Gasteiger partial charge in [-0.25, -0.2) is 0 Å². The normalized spacial score (nSPS) is 12.9. The van der Waals surface area contributed by atoms with Crippen molar-refractivity contribution in [2.24, 2.45) is 5.92 Å². The fourth-order valence-electron chi connectivity index (χ4n) is 3.49. The molecule has 0 spiro atoms. The molecule has 1 atom stereocenters. The summed E-state index contributed by atoms with van der Waals surface area (Å²) in [7, 11) is 0. The van der Waals surface area contributed by atoms with Gasteiger partial charge in [0.15, 0.2) is 0 Å². The molecule has 0 saturated carbocycles. The van der Waals surface area contributed by atoms with Crippen LogP contribution in [0.4, 0.5) is 0 Å². The van der Waals surface area contributed by atoms with Crippen LogP contribution in [0, 0.1) is 5.92 Å². The first-order chi connectivity index (χ1) is 11.7. The van der Waals surface area contributed by atoms with Crippen LogP contribution in [0.1, 0.15) is 130 Å². The average Bonchev–Trinajstić information content (AvgIpc) is 2.53. The first-order valence-electron chi connectivity index (χ1n) is 11.3. The molecular weight excluding hydrogens is 292 g/mol. The molecule has 0 aliphatic heterocycles. The smallest absolute Gasteiger partial charge is 0.0549 e. The van der Waals surface area contributed by atoms with E-state index < -0.39 is 0 Å². The van der Waals surface area contributed by atoms with E-state index in [0.29, 0.717) is 6.10 Å². The summed E-state index contributed by atoms with van der Waals surface area (Å²) in [6, 6.07) is 0. The maximum absolute atomic E-state index is 5.87. The molecule has 0 aliphatic rings. The van der Waals surface area contributed by atoms with Crippen LogP contribution in [-0.2, 0) is 4.74 Å². The van der Waals surface area contributed by atoms with Gasteiger partial charge in [0.2, 0.25) is 0 Å². The van der Waals surface area contributed by atoms with E-state index in [-0.39, 0.29) is 0 Å². The van der Waals surface area contributed by atoms with Gasteiger partial charge >= 0.3 is 0 Å². The average molecular weight is 341 g/mol. The molecule has 1 nitrogen and oxygen atoms in total. The number of hydrogen-bond donors (Lipinski definition) is 0. The first-order valence-corrected chi connectivity index (χ1v) is 11.3. The van der Waals surface area contributed by atoms with Crippen molar-refractivity contribution >= 4 is 0 Å². The van der Waals surface area contributed by atoms with Crippen molar-refractivity contribution in [1.29, 1.82) is 0 Å². The van der Waals surface area contributed by atoms with Gasteiger partial charge in [0.1, 0.15) is 0 Å². The third kappa shape index (κ3) is 20.0. The summed E-state index contributed by atoms with van der Waals surface area (Å²) >= 11 is 0. The molecule has 0 heterocycles. The van der Waals surface area contributed by atoms with Gasteiger partial charge in [-0.15, -0.1) is 0 Å². The number of ether oxygens (including phenoxy) is 1. The van der Waals surface area contributed by atoms with Crippen LogP contribution in [0.5, 0.6) is 0 Å². The topological polar surface area (TPSA) is 9.23 Å². The molecule has 1 heteroatoms. The minimum Gasteiger partial charge on any atom is -0.379 e. The molecule has 0 radical (unpaired) electrons. The minimum atomic E-state index is 0.441. The van der Waals surface area contributed by atoms with Gasteiger partial charge in [0, 0.05) is 6.61 Å². The summed E-state index contributed by atoms with van der Waals surface area (Å²) in [4.78, 5) is 0. The Morgan fingerprint density at radius 3 is 1.29 bits per heavy atom. The van der Waals surface area contributed by atoms with E-state index in [1.165, 1.54) is 103 Å². The summed E-state index contributed by atoms with van der Waals surface area (Å²) in [6.45, 7) is 10.0. The zero-order valence-electron chi connectivity index (χ0n) is 17.6. The molecule has 0 rings (SSSR count). The van der Waals surface area contributed by atoms with E-state index in [2.05, 4.69) is 27.7 Å². The maximum Gasteiger partial charge on any atom is 0.0549 e. The summed E-state index contributed by atoms with van der Waals surface area (Å²) in [6.07, 6.45) is 23.0. The Kier molecular flexibility index (Phi) is 19.3. The van der Waals surface area contributed by atoms with Crippen LogP contribution in [0.3, 0.4) is 0 Å². The standard InChI is InChI=1S/C23H48O/c1-5-6-7-8-9-10-11-12-13-14-15-16-17-18-19-20-24-23(4)21-22(2)3/h22-23H,5-21H2,1-4H3. The predicted octanol–water partition coefficient (Wildman–Crippen LogP) is 8.31. The van der Waals surface area contributed by atoms with Crippen LogP contribution in [-0.4, -0.2) is 12.7 Å². The minimum absolute atomic E-state index is 0.441. The second-order valence-corrected chi connectivity index (χ2v) is 8.26. The maximum atomic E-state index is 5.87. The first kappa shape index (κ1) is 24.0. The lowest BCUT2D eigenvalue weighted by atomic mass is 10.0. The second-order valence-electron chi connectivity index (χ2n) is 8.26. The number of hydrogen-bond acceptors (Lipinski definition) is 1. The van der Waals surface area contributed by atoms with Crippen LogP contribution in [0.2, 0.25) is 0 Å². The number of rotatable bonds is 19. The van der Waals surface area contributed by atoms with Gasteiger partial charge in [0.05, 0.1) is 6.10 Å². The third-order valence-corrected chi connectivity index (χ3v) is 4.95. The van der Waals surface area contributed by atoms with Crippen molar-refractivity contribution in [3.63, 3.8) is 0 Å². The van der Waals surface area contributed by atoms with E-state index >= 15 is 0 Å². The summed E-state index contributed by atoms with van der Waals surface area (Å²) in [5, 5.41) is 0. The van der Waals surface area contributed by atoms with Crippen molar-refractivity contribution < 1.29 is 4.74 Å². The fraction of sp³-hybridized carbons (Fsp3) is 1.00. The van der Waals surface area contributed by atoms with Crippen LogP contribution in [0.15, 0.2) is 0 Å². The molecule has 0 bridgehead atoms. The van der Waals surface area contributed by atoms with Gasteiger partial charge in [-0.3, -0.25) is 0 Å². The largest absolute Gasteiger partial charge is 0.379 e. The highest BCUT2D eigenvalue weighted by molar-refractivity contribution is 4.54. The Labute approximate surface area is 154 Å². The molecule has 0 aromatic rings. The van der Waals surface area contributed by atoms with E-state index in [9.17, 15) is 0 Å². The van der Waals surface area contributed by atoms with Gasteiger partial charge in [-0.1, -0.05) is 111 Å². The highest BCUT2D eigenvalue weighted by atomic mass is 16.5. The van der Waals surface area contributed by atoms with Crippen LogP contribution >= 0.6 is 0 Å². The molecule has 1 unspecified atom stereocenters. The van der Waals surface area contributed by atoms with Crippen molar-refractivity contribution in [3.8, 4) is 0 Å². The molecule has 24 heavy (non-hydrogen) atoms. The molecular formula is C23H48O. The molecule has 0 aromatic carbocycles. The van der Waals surface area contributed by atoms with Gasteiger partial charge < -0.3 is 4.74 Å². The molecule has 0 aliphatic carbocycles. The van der Waals surface area contributed by atoms with Crippen molar-refractivity contribution in [3.05, 3.63) is 0 Å². The fourth-order valence-corrected chi connectivity index (χ4v) is 3.49. The van der Waals surface area contributed by atoms with E-state index in [1.807, 2.05) is 0 Å². The Balaban J connectivity index is 3.05. The Bertz CT molecular complexity index is 224. The zero-order chi connectivity index (χ0) is 17.9. The Morgan fingerprint density at radius 1 is 0.542 bits per heavy atom. The lowest BCUT2D eigenvalue weighted by Gasteiger charge is -2.14. The van der Waals surface area contributed by atoms with Crippen LogP contribution < -0.4 is 0 Å². The highest BCUT2D eigenvalue weighted by Crippen LogP contribution is 2.14. The van der Waals surface area contributed by atoms with Crippen molar-refractivity contribution in [2.75, 3.05) is 6.61 Å². The van der Waals surface area contributed by atoms with Gasteiger partial charge in [-0.2, -0.15) is 0 Å². The van der Waals surface area contributed by atoms with Crippen LogP contribution in [0.25, 0.3) is 0 Å². The molecule has 146 valence electrons. The van der Waals surface area contributed by atoms with E-state index in [4.69, 9.17) is 4.74 Å². The van der Waals surface area contributed by atoms with E-state index in [0.717, 1.165) is 12.5 Å². The van der Waals surface area contributed by atoms with Crippen molar-refractivity contribution in [2.45, 2.75) is 137 Å². The molecule has 0 saturated heterocycles. The Hall–Kier alpha value is -0.0400. The lowest BCUT2D eigenvalue weighted by molar-refractivity contribution is 0.0494. The predicted molar refractivity (Wildman–Crippen MR) is 110 cm³/mol. The molecule has 0 amide bonds. The number of unbranched alkanes of at least 4 members (excludes halogenated alkanes) is 14. The lowest BCUT2D eigenvalue weighted by Crippen LogP contribution is -2.12. The molecule has 0 N–H and O–H groups in total. The summed E-state index contributed by atoms with van der Waals surface area (Å²) in [5.41, 5.74) is 0. The SMILES string of the molecule is CCCCCCCCCCCCCCCCCOC(C)CC(C)C. The van der Waals surface area contributed by atoms with E-state index in [1.54, 1.807) is 0 Å². The molecule has 0 fully saturated rings. The van der Waals surface area contributed by atoms with Gasteiger partial charge in [0.25, 0.3) is 0 Å². The van der Waals surface area contributed by atoms with Gasteiger partial charge in [-0.05, 0) is 25.7 Å². The zero-order valence-corrected chi connectivity index (χ0v) is 17.6. The molecule has 0 aromatic heterocycles. The summed E-state index contributed by atoms with van der Waals surface area (Å²) < 4.78 is 5.87. The Morgan fingerprint density at radius 2 is 0.917 bits per heavy atom. The summed E-state index contributed by atoms with van der Waals surface area (Å²) in [5.74, 6) is 0.751.